The maximum Gasteiger partial charge on any atom is 0.262 e. The van der Waals surface area contributed by atoms with E-state index in [4.69, 9.17) is 4.74 Å². The summed E-state index contributed by atoms with van der Waals surface area (Å²) < 4.78 is 35.1. The number of rotatable bonds is 7. The fourth-order valence-electron chi connectivity index (χ4n) is 3.92. The average molecular weight is 497 g/mol. The Hall–Kier alpha value is -2.97. The number of hydrogen-bond acceptors (Lipinski definition) is 5. The van der Waals surface area contributed by atoms with E-state index in [-0.39, 0.29) is 10.8 Å². The minimum absolute atomic E-state index is 0.0398. The molecule has 0 saturated carbocycles. The number of nitrogens with zero attached hydrogens (tertiary/aromatic N) is 1. The molecule has 0 radical (unpaired) electrons. The van der Waals surface area contributed by atoms with Gasteiger partial charge >= 0.3 is 0 Å². The highest BCUT2D eigenvalue weighted by Crippen LogP contribution is 2.32. The Bertz CT molecular complexity index is 1240. The molecule has 8 heteroatoms. The number of carbonyl (C=O) groups is 1. The van der Waals surface area contributed by atoms with E-state index < -0.39 is 10.0 Å². The van der Waals surface area contributed by atoms with Crippen LogP contribution in [0.15, 0.2) is 82.6 Å². The molecule has 3 aromatic carbocycles. The van der Waals surface area contributed by atoms with Gasteiger partial charge in [-0.1, -0.05) is 43.2 Å². The van der Waals surface area contributed by atoms with Crippen molar-refractivity contribution in [3.8, 4) is 11.5 Å². The number of sulfonamides is 1. The summed E-state index contributed by atoms with van der Waals surface area (Å²) in [6, 6.07) is 20.8. The summed E-state index contributed by atoms with van der Waals surface area (Å²) >= 11 is 1.44. The Labute approximate surface area is 205 Å². The van der Waals surface area contributed by atoms with E-state index in [1.165, 1.54) is 23.9 Å². The number of hydrogen-bond donors (Lipinski definition) is 1. The number of thioether (sulfide) groups is 1. The molecule has 0 aliphatic carbocycles. The molecule has 6 nitrogen and oxygen atoms in total. The topological polar surface area (TPSA) is 75.7 Å². The number of benzene rings is 3. The zero-order chi connectivity index (χ0) is 24.0. The summed E-state index contributed by atoms with van der Waals surface area (Å²) in [7, 11) is -3.96. The normalized spacial score (nSPS) is 14.3. The standard InChI is InChI=1S/C26H28N2O4S2/c1-33-25-16-15-21(19-22(25)26(29)28-17-9-2-3-10-18-28)34(30,31)27-23-13-7-8-14-24(23)32-20-11-5-4-6-12-20/h4-8,11-16,19,27H,2-3,9-10,17-18H2,1H3. The second-order valence-electron chi connectivity index (χ2n) is 8.09. The fourth-order valence-corrected chi connectivity index (χ4v) is 5.59. The van der Waals surface area contributed by atoms with E-state index in [2.05, 4.69) is 4.72 Å². The third-order valence-corrected chi connectivity index (χ3v) is 7.87. The molecule has 0 spiro atoms. The molecule has 0 bridgehead atoms. The van der Waals surface area contributed by atoms with Crippen LogP contribution in [-0.2, 0) is 10.0 Å². The number of carbonyl (C=O) groups excluding carboxylic acids is 1. The molecule has 1 aliphatic rings. The van der Waals surface area contributed by atoms with E-state index in [9.17, 15) is 13.2 Å². The summed E-state index contributed by atoms with van der Waals surface area (Å²) in [5, 5.41) is 0. The van der Waals surface area contributed by atoms with E-state index in [1.807, 2.05) is 29.4 Å². The third kappa shape index (κ3) is 5.74. The van der Waals surface area contributed by atoms with Crippen molar-refractivity contribution in [2.75, 3.05) is 24.1 Å². The summed E-state index contributed by atoms with van der Waals surface area (Å²) in [4.78, 5) is 16.0. The van der Waals surface area contributed by atoms with Gasteiger partial charge in [-0.3, -0.25) is 9.52 Å². The molecule has 1 fully saturated rings. The van der Waals surface area contributed by atoms with Crippen molar-refractivity contribution in [2.45, 2.75) is 35.5 Å². The SMILES string of the molecule is CSc1ccc(S(=O)(=O)Nc2ccccc2Oc2ccccc2)cc1C(=O)N1CCCCCC1. The zero-order valence-electron chi connectivity index (χ0n) is 19.1. The Morgan fingerprint density at radius 3 is 2.29 bits per heavy atom. The summed E-state index contributed by atoms with van der Waals surface area (Å²) in [5.74, 6) is 0.874. The monoisotopic (exact) mass is 496 g/mol. The number of amides is 1. The van der Waals surface area contributed by atoms with Gasteiger partial charge in [0.15, 0.2) is 5.75 Å². The summed E-state index contributed by atoms with van der Waals surface area (Å²) in [6.45, 7) is 1.40. The lowest BCUT2D eigenvalue weighted by molar-refractivity contribution is 0.0758. The number of para-hydroxylation sites is 3. The number of anilines is 1. The third-order valence-electron chi connectivity index (χ3n) is 5.71. The van der Waals surface area contributed by atoms with Crippen LogP contribution in [0, 0.1) is 0 Å². The van der Waals surface area contributed by atoms with Crippen molar-refractivity contribution in [3.05, 3.63) is 78.4 Å². The molecule has 4 rings (SSSR count). The second-order valence-corrected chi connectivity index (χ2v) is 10.6. The Morgan fingerprint density at radius 1 is 0.912 bits per heavy atom. The molecule has 0 atom stereocenters. The lowest BCUT2D eigenvalue weighted by atomic mass is 10.2. The van der Waals surface area contributed by atoms with E-state index in [1.54, 1.807) is 42.5 Å². The fraction of sp³-hybridized carbons (Fsp3) is 0.269. The van der Waals surface area contributed by atoms with Gasteiger partial charge in [-0.25, -0.2) is 8.42 Å². The van der Waals surface area contributed by atoms with Crippen molar-refractivity contribution in [2.24, 2.45) is 0 Å². The average Bonchev–Trinajstić information content (AvgIpc) is 3.14. The molecule has 1 aliphatic heterocycles. The predicted octanol–water partition coefficient (Wildman–Crippen LogP) is 6.02. The lowest BCUT2D eigenvalue weighted by Gasteiger charge is -2.22. The maximum atomic E-state index is 13.3. The molecule has 1 N–H and O–H groups in total. The lowest BCUT2D eigenvalue weighted by Crippen LogP contribution is -2.32. The number of likely N-dealkylation sites (tertiary alicyclic amines) is 1. The van der Waals surface area contributed by atoms with Gasteiger partial charge in [0.05, 0.1) is 16.1 Å². The molecule has 34 heavy (non-hydrogen) atoms. The van der Waals surface area contributed by atoms with Crippen molar-refractivity contribution in [3.63, 3.8) is 0 Å². The molecular weight excluding hydrogens is 468 g/mol. The quantitative estimate of drug-likeness (QED) is 0.405. The van der Waals surface area contributed by atoms with Gasteiger partial charge < -0.3 is 9.64 Å². The van der Waals surface area contributed by atoms with Crippen LogP contribution in [0.5, 0.6) is 11.5 Å². The van der Waals surface area contributed by atoms with Crippen LogP contribution in [-0.4, -0.2) is 38.6 Å². The van der Waals surface area contributed by atoms with Crippen molar-refractivity contribution in [1.29, 1.82) is 0 Å². The van der Waals surface area contributed by atoms with Crippen LogP contribution >= 0.6 is 11.8 Å². The van der Waals surface area contributed by atoms with Gasteiger partial charge in [-0.05, 0) is 61.6 Å². The van der Waals surface area contributed by atoms with Gasteiger partial charge in [0.2, 0.25) is 0 Å². The van der Waals surface area contributed by atoms with Crippen molar-refractivity contribution >= 4 is 33.4 Å². The Balaban J connectivity index is 1.62. The van der Waals surface area contributed by atoms with Crippen LogP contribution < -0.4 is 9.46 Å². The van der Waals surface area contributed by atoms with Crippen molar-refractivity contribution in [1.82, 2.24) is 4.90 Å². The molecular formula is C26H28N2O4S2. The van der Waals surface area contributed by atoms with Gasteiger partial charge in [-0.15, -0.1) is 11.8 Å². The Morgan fingerprint density at radius 2 is 1.59 bits per heavy atom. The minimum Gasteiger partial charge on any atom is -0.455 e. The van der Waals surface area contributed by atoms with Gasteiger partial charge in [0, 0.05) is 18.0 Å². The molecule has 0 unspecified atom stereocenters. The predicted molar refractivity (Wildman–Crippen MR) is 136 cm³/mol. The molecule has 1 saturated heterocycles. The van der Waals surface area contributed by atoms with Crippen LogP contribution in [0.4, 0.5) is 5.69 Å². The van der Waals surface area contributed by atoms with Crippen LogP contribution in [0.3, 0.4) is 0 Å². The van der Waals surface area contributed by atoms with E-state index >= 15 is 0 Å². The molecule has 0 aromatic heterocycles. The van der Waals surface area contributed by atoms with Gasteiger partial charge in [-0.2, -0.15) is 0 Å². The highest BCUT2D eigenvalue weighted by molar-refractivity contribution is 7.98. The molecule has 178 valence electrons. The first-order valence-electron chi connectivity index (χ1n) is 11.3. The minimum atomic E-state index is -3.96. The highest BCUT2D eigenvalue weighted by atomic mass is 32.2. The first kappa shape index (κ1) is 24.2. The van der Waals surface area contributed by atoms with Crippen LogP contribution in [0.2, 0.25) is 0 Å². The molecule has 1 heterocycles. The van der Waals surface area contributed by atoms with Gasteiger partial charge in [0.1, 0.15) is 5.75 Å². The number of nitrogens with one attached hydrogen (secondary N) is 1. The largest absolute Gasteiger partial charge is 0.455 e. The molecule has 1 amide bonds. The zero-order valence-corrected chi connectivity index (χ0v) is 20.7. The van der Waals surface area contributed by atoms with Crippen molar-refractivity contribution < 1.29 is 17.9 Å². The first-order chi connectivity index (χ1) is 16.5. The van der Waals surface area contributed by atoms with Gasteiger partial charge in [0.25, 0.3) is 15.9 Å². The maximum absolute atomic E-state index is 13.3. The van der Waals surface area contributed by atoms with E-state index in [0.29, 0.717) is 35.8 Å². The highest BCUT2D eigenvalue weighted by Gasteiger charge is 2.24. The van der Waals surface area contributed by atoms with Crippen LogP contribution in [0.1, 0.15) is 36.0 Å². The number of ether oxygens (including phenoxy) is 1. The summed E-state index contributed by atoms with van der Waals surface area (Å²) in [6.07, 6.45) is 6.05. The Kier molecular flexibility index (Phi) is 7.80. The molecule has 3 aromatic rings. The second kappa shape index (κ2) is 11.0. The van der Waals surface area contributed by atoms with E-state index in [0.717, 1.165) is 30.6 Å². The first-order valence-corrected chi connectivity index (χ1v) is 14.0. The summed E-state index contributed by atoms with van der Waals surface area (Å²) in [5.41, 5.74) is 0.742. The van der Waals surface area contributed by atoms with Crippen LogP contribution in [0.25, 0.3) is 0 Å². The smallest absolute Gasteiger partial charge is 0.262 e.